The van der Waals surface area contributed by atoms with Crippen LogP contribution in [0.3, 0.4) is 0 Å². The molecule has 1 rings (SSSR count). The van der Waals surface area contributed by atoms with Gasteiger partial charge in [-0.25, -0.2) is 4.39 Å². The molecule has 1 atom stereocenters. The molecule has 0 aliphatic carbocycles. The van der Waals surface area contributed by atoms with Gasteiger partial charge in [-0.2, -0.15) is 0 Å². The van der Waals surface area contributed by atoms with Crippen molar-refractivity contribution >= 4 is 0 Å². The van der Waals surface area contributed by atoms with E-state index in [2.05, 4.69) is 24.2 Å². The monoisotopic (exact) mass is 296 g/mol. The average Bonchev–Trinajstić information content (AvgIpc) is 2.47. The summed E-state index contributed by atoms with van der Waals surface area (Å²) in [5, 5.41) is 3.45. The summed E-state index contributed by atoms with van der Waals surface area (Å²) >= 11 is 0. The van der Waals surface area contributed by atoms with Gasteiger partial charge >= 0.3 is 0 Å². The summed E-state index contributed by atoms with van der Waals surface area (Å²) in [5.74, 6) is -0.121. The largest absolute Gasteiger partial charge is 0.385 e. The van der Waals surface area contributed by atoms with E-state index in [0.717, 1.165) is 44.6 Å². The zero-order valence-electron chi connectivity index (χ0n) is 13.8. The fourth-order valence-corrected chi connectivity index (χ4v) is 2.40. The lowest BCUT2D eigenvalue weighted by Crippen LogP contribution is -2.28. The summed E-state index contributed by atoms with van der Waals surface area (Å²) < 4.78 is 18.8. The molecular weight excluding hydrogens is 267 g/mol. The molecule has 0 spiro atoms. The normalized spacial score (nSPS) is 12.9. The van der Waals surface area contributed by atoms with Gasteiger partial charge in [0.2, 0.25) is 0 Å². The molecule has 0 fully saturated rings. The van der Waals surface area contributed by atoms with E-state index < -0.39 is 0 Å². The minimum atomic E-state index is -0.121. The van der Waals surface area contributed by atoms with Gasteiger partial charge in [0, 0.05) is 26.3 Å². The van der Waals surface area contributed by atoms with Crippen molar-refractivity contribution in [2.75, 3.05) is 40.4 Å². The van der Waals surface area contributed by atoms with Gasteiger partial charge in [0.25, 0.3) is 0 Å². The predicted molar refractivity (Wildman–Crippen MR) is 86.2 cm³/mol. The number of hydrogen-bond acceptors (Lipinski definition) is 3. The molecule has 3 nitrogen and oxygen atoms in total. The number of benzene rings is 1. The Morgan fingerprint density at radius 1 is 1.33 bits per heavy atom. The van der Waals surface area contributed by atoms with Gasteiger partial charge in [0.15, 0.2) is 0 Å². The maximum atomic E-state index is 13.7. The first-order valence-electron chi connectivity index (χ1n) is 7.75. The molecule has 1 unspecified atom stereocenters. The van der Waals surface area contributed by atoms with Crippen molar-refractivity contribution in [3.05, 3.63) is 35.1 Å². The molecule has 4 heteroatoms. The van der Waals surface area contributed by atoms with E-state index in [-0.39, 0.29) is 11.9 Å². The topological polar surface area (TPSA) is 24.5 Å². The molecule has 0 saturated carbocycles. The van der Waals surface area contributed by atoms with Gasteiger partial charge in [0.05, 0.1) is 0 Å². The molecule has 0 bridgehead atoms. The highest BCUT2D eigenvalue weighted by atomic mass is 19.1. The molecule has 0 amide bonds. The van der Waals surface area contributed by atoms with E-state index in [9.17, 15) is 4.39 Å². The lowest BCUT2D eigenvalue weighted by atomic mass is 10.0. The van der Waals surface area contributed by atoms with E-state index >= 15 is 0 Å². The fraction of sp³-hybridized carbons (Fsp3) is 0.647. The van der Waals surface area contributed by atoms with Crippen molar-refractivity contribution < 1.29 is 9.13 Å². The zero-order valence-corrected chi connectivity index (χ0v) is 13.8. The summed E-state index contributed by atoms with van der Waals surface area (Å²) in [6.45, 7) is 7.56. The van der Waals surface area contributed by atoms with E-state index in [1.165, 1.54) is 0 Å². The van der Waals surface area contributed by atoms with Crippen molar-refractivity contribution in [1.29, 1.82) is 0 Å². The van der Waals surface area contributed by atoms with Crippen LogP contribution in [0.2, 0.25) is 0 Å². The van der Waals surface area contributed by atoms with Crippen LogP contribution in [0.25, 0.3) is 0 Å². The molecule has 0 heterocycles. The van der Waals surface area contributed by atoms with Crippen LogP contribution in [0.1, 0.15) is 36.9 Å². The number of hydrogen-bond donors (Lipinski definition) is 1. The Bertz CT molecular complexity index is 412. The molecule has 120 valence electrons. The first-order valence-corrected chi connectivity index (χ1v) is 7.75. The SMILES string of the molecule is CCNC(CCN(C)CCCOC)c1ccc(C)c(F)c1. The minimum absolute atomic E-state index is 0.121. The van der Waals surface area contributed by atoms with Crippen LogP contribution >= 0.6 is 0 Å². The Morgan fingerprint density at radius 2 is 2.10 bits per heavy atom. The third kappa shape index (κ3) is 6.55. The molecule has 21 heavy (non-hydrogen) atoms. The van der Waals surface area contributed by atoms with Crippen LogP contribution in [0.5, 0.6) is 0 Å². The number of aryl methyl sites for hydroxylation is 1. The number of nitrogens with one attached hydrogen (secondary N) is 1. The molecule has 1 aromatic rings. The van der Waals surface area contributed by atoms with Crippen molar-refractivity contribution in [2.24, 2.45) is 0 Å². The minimum Gasteiger partial charge on any atom is -0.385 e. The van der Waals surface area contributed by atoms with Gasteiger partial charge in [-0.3, -0.25) is 0 Å². The number of halogens is 1. The standard InChI is InChI=1S/C17H29FN2O/c1-5-19-17(9-11-20(3)10-6-12-21-4)15-8-7-14(2)16(18)13-15/h7-8,13,17,19H,5-6,9-12H2,1-4H3. The van der Waals surface area contributed by atoms with Crippen molar-refractivity contribution in [2.45, 2.75) is 32.7 Å². The Hall–Kier alpha value is -0.970. The molecule has 1 N–H and O–H groups in total. The Labute approximate surface area is 128 Å². The van der Waals surface area contributed by atoms with Crippen LogP contribution in [-0.4, -0.2) is 45.3 Å². The second-order valence-electron chi connectivity index (χ2n) is 5.56. The van der Waals surface area contributed by atoms with E-state index in [1.807, 2.05) is 12.1 Å². The molecule has 0 saturated heterocycles. The molecule has 1 aromatic carbocycles. The summed E-state index contributed by atoms with van der Waals surface area (Å²) in [5.41, 5.74) is 1.73. The second kappa shape index (κ2) is 9.87. The quantitative estimate of drug-likeness (QED) is 0.671. The van der Waals surface area contributed by atoms with E-state index in [4.69, 9.17) is 4.74 Å². The number of ether oxygens (including phenoxy) is 1. The zero-order chi connectivity index (χ0) is 15.7. The first kappa shape index (κ1) is 18.1. The smallest absolute Gasteiger partial charge is 0.126 e. The van der Waals surface area contributed by atoms with Crippen LogP contribution in [0.15, 0.2) is 18.2 Å². The van der Waals surface area contributed by atoms with Crippen molar-refractivity contribution in [3.63, 3.8) is 0 Å². The van der Waals surface area contributed by atoms with Crippen molar-refractivity contribution in [3.8, 4) is 0 Å². The third-order valence-electron chi connectivity index (χ3n) is 3.74. The number of nitrogens with zero attached hydrogens (tertiary/aromatic N) is 1. The second-order valence-corrected chi connectivity index (χ2v) is 5.56. The maximum Gasteiger partial charge on any atom is 0.126 e. The first-order chi connectivity index (χ1) is 10.1. The predicted octanol–water partition coefficient (Wildman–Crippen LogP) is 3.14. The summed E-state index contributed by atoms with van der Waals surface area (Å²) in [4.78, 5) is 2.30. The number of rotatable bonds is 10. The Kier molecular flexibility index (Phi) is 8.50. The van der Waals surface area contributed by atoms with Crippen LogP contribution in [0.4, 0.5) is 4.39 Å². The highest BCUT2D eigenvalue weighted by Gasteiger charge is 2.13. The molecule has 0 aliphatic rings. The van der Waals surface area contributed by atoms with Crippen LogP contribution in [-0.2, 0) is 4.74 Å². The lowest BCUT2D eigenvalue weighted by molar-refractivity contribution is 0.178. The van der Waals surface area contributed by atoms with Crippen LogP contribution < -0.4 is 5.32 Å². The summed E-state index contributed by atoms with van der Waals surface area (Å²) in [6, 6.07) is 5.75. The van der Waals surface area contributed by atoms with Crippen molar-refractivity contribution in [1.82, 2.24) is 10.2 Å². The van der Waals surface area contributed by atoms with Gasteiger partial charge in [-0.05, 0) is 57.1 Å². The molecule has 0 radical (unpaired) electrons. The highest BCUT2D eigenvalue weighted by molar-refractivity contribution is 5.25. The van der Waals surface area contributed by atoms with E-state index in [0.29, 0.717) is 5.56 Å². The number of methoxy groups -OCH3 is 1. The lowest BCUT2D eigenvalue weighted by Gasteiger charge is -2.23. The summed E-state index contributed by atoms with van der Waals surface area (Å²) in [6.07, 6.45) is 2.01. The Balaban J connectivity index is 2.54. The third-order valence-corrected chi connectivity index (χ3v) is 3.74. The summed E-state index contributed by atoms with van der Waals surface area (Å²) in [7, 11) is 3.85. The molecule has 0 aromatic heterocycles. The van der Waals surface area contributed by atoms with Gasteiger partial charge in [-0.15, -0.1) is 0 Å². The Morgan fingerprint density at radius 3 is 2.71 bits per heavy atom. The van der Waals surface area contributed by atoms with Gasteiger partial charge in [0.1, 0.15) is 5.82 Å². The van der Waals surface area contributed by atoms with E-state index in [1.54, 1.807) is 20.1 Å². The van der Waals surface area contributed by atoms with Gasteiger partial charge < -0.3 is 15.0 Å². The average molecular weight is 296 g/mol. The fourth-order valence-electron chi connectivity index (χ4n) is 2.40. The van der Waals surface area contributed by atoms with Crippen LogP contribution in [0, 0.1) is 12.7 Å². The highest BCUT2D eigenvalue weighted by Crippen LogP contribution is 2.20. The maximum absolute atomic E-state index is 13.7. The van der Waals surface area contributed by atoms with Gasteiger partial charge in [-0.1, -0.05) is 19.1 Å². The molecule has 0 aliphatic heterocycles. The molecular formula is C17H29FN2O.